The summed E-state index contributed by atoms with van der Waals surface area (Å²) in [6.07, 6.45) is 1.15. The van der Waals surface area contributed by atoms with Crippen molar-refractivity contribution in [2.45, 2.75) is 19.4 Å². The Labute approximate surface area is 173 Å². The topological polar surface area (TPSA) is 78.4 Å². The Balaban J connectivity index is 1.48. The molecule has 1 unspecified atom stereocenters. The van der Waals surface area contributed by atoms with Crippen LogP contribution in [0.3, 0.4) is 0 Å². The SMILES string of the molecule is CCNC(=NCCNC(=O)c1cccc(OC)c1)N1CCC(N2CCOCC2)C1. The van der Waals surface area contributed by atoms with E-state index in [0.717, 1.165) is 58.3 Å². The zero-order chi connectivity index (χ0) is 20.5. The smallest absolute Gasteiger partial charge is 0.251 e. The number of guanidine groups is 1. The van der Waals surface area contributed by atoms with Crippen molar-refractivity contribution in [2.24, 2.45) is 4.99 Å². The normalized spacial score (nSPS) is 20.6. The molecule has 1 aromatic carbocycles. The number of nitrogens with zero attached hydrogens (tertiary/aromatic N) is 3. The molecule has 2 aliphatic heterocycles. The Kier molecular flexibility index (Phi) is 8.13. The molecule has 2 aliphatic rings. The zero-order valence-electron chi connectivity index (χ0n) is 17.5. The van der Waals surface area contributed by atoms with E-state index >= 15 is 0 Å². The Bertz CT molecular complexity index is 691. The predicted octanol–water partition coefficient (Wildman–Crippen LogP) is 0.797. The maximum absolute atomic E-state index is 12.3. The molecule has 0 spiro atoms. The maximum Gasteiger partial charge on any atom is 0.251 e. The number of carbonyl (C=O) groups excluding carboxylic acids is 1. The minimum absolute atomic E-state index is 0.113. The van der Waals surface area contributed by atoms with Crippen LogP contribution >= 0.6 is 0 Å². The molecule has 8 nitrogen and oxygen atoms in total. The molecule has 0 bridgehead atoms. The summed E-state index contributed by atoms with van der Waals surface area (Å²) in [5.41, 5.74) is 0.591. The summed E-state index contributed by atoms with van der Waals surface area (Å²) in [5.74, 6) is 1.49. The van der Waals surface area contributed by atoms with Crippen molar-refractivity contribution >= 4 is 11.9 Å². The molecule has 1 aromatic rings. The van der Waals surface area contributed by atoms with E-state index < -0.39 is 0 Å². The number of aliphatic imine (C=N–C) groups is 1. The van der Waals surface area contributed by atoms with Crippen molar-refractivity contribution < 1.29 is 14.3 Å². The highest BCUT2D eigenvalue weighted by Gasteiger charge is 2.30. The first-order chi connectivity index (χ1) is 14.2. The number of rotatable bonds is 7. The summed E-state index contributed by atoms with van der Waals surface area (Å²) in [6.45, 7) is 9.62. The van der Waals surface area contributed by atoms with Gasteiger partial charge >= 0.3 is 0 Å². The molecule has 0 aromatic heterocycles. The molecule has 2 heterocycles. The summed E-state index contributed by atoms with van der Waals surface area (Å²) in [5, 5.41) is 6.32. The average Bonchev–Trinajstić information content (AvgIpc) is 3.26. The number of morpholine rings is 1. The van der Waals surface area contributed by atoms with Crippen molar-refractivity contribution in [3.63, 3.8) is 0 Å². The molecule has 1 atom stereocenters. The van der Waals surface area contributed by atoms with Crippen LogP contribution < -0.4 is 15.4 Å². The fourth-order valence-electron chi connectivity index (χ4n) is 3.80. The van der Waals surface area contributed by atoms with Crippen molar-refractivity contribution in [1.29, 1.82) is 0 Å². The molecule has 0 aliphatic carbocycles. The molecule has 2 N–H and O–H groups in total. The minimum Gasteiger partial charge on any atom is -0.497 e. The second-order valence-corrected chi connectivity index (χ2v) is 7.26. The first-order valence-electron chi connectivity index (χ1n) is 10.5. The van der Waals surface area contributed by atoms with E-state index in [1.807, 2.05) is 12.1 Å². The van der Waals surface area contributed by atoms with Crippen LogP contribution in [0.15, 0.2) is 29.3 Å². The van der Waals surface area contributed by atoms with Gasteiger partial charge in [0.15, 0.2) is 5.96 Å². The summed E-state index contributed by atoms with van der Waals surface area (Å²) in [7, 11) is 1.59. The molecule has 0 radical (unpaired) electrons. The lowest BCUT2D eigenvalue weighted by atomic mass is 10.2. The number of methoxy groups -OCH3 is 1. The van der Waals surface area contributed by atoms with Crippen LogP contribution in [0.25, 0.3) is 0 Å². The van der Waals surface area contributed by atoms with Gasteiger partial charge in [-0.15, -0.1) is 0 Å². The van der Waals surface area contributed by atoms with Crippen molar-refractivity contribution in [1.82, 2.24) is 20.4 Å². The fourth-order valence-corrected chi connectivity index (χ4v) is 3.80. The molecule has 2 saturated heterocycles. The molecular formula is C21H33N5O3. The average molecular weight is 404 g/mol. The molecule has 3 rings (SSSR count). The van der Waals surface area contributed by atoms with Crippen molar-refractivity contribution in [2.75, 3.05) is 66.1 Å². The highest BCUT2D eigenvalue weighted by atomic mass is 16.5. The van der Waals surface area contributed by atoms with E-state index in [4.69, 9.17) is 14.5 Å². The van der Waals surface area contributed by atoms with Gasteiger partial charge in [-0.05, 0) is 31.5 Å². The Morgan fingerprint density at radius 2 is 2.10 bits per heavy atom. The number of carbonyl (C=O) groups is 1. The zero-order valence-corrected chi connectivity index (χ0v) is 17.5. The summed E-state index contributed by atoms with van der Waals surface area (Å²) >= 11 is 0. The summed E-state index contributed by atoms with van der Waals surface area (Å²) in [4.78, 5) is 21.9. The van der Waals surface area contributed by atoms with Gasteiger partial charge in [-0.25, -0.2) is 0 Å². The van der Waals surface area contributed by atoms with Gasteiger partial charge in [-0.3, -0.25) is 14.7 Å². The van der Waals surface area contributed by atoms with Crippen LogP contribution in [-0.2, 0) is 4.74 Å². The van der Waals surface area contributed by atoms with E-state index in [1.54, 1.807) is 19.2 Å². The van der Waals surface area contributed by atoms with Gasteiger partial charge in [0.1, 0.15) is 5.75 Å². The van der Waals surface area contributed by atoms with E-state index in [2.05, 4.69) is 27.4 Å². The number of ether oxygens (including phenoxy) is 2. The molecule has 0 saturated carbocycles. The van der Waals surface area contributed by atoms with Crippen molar-refractivity contribution in [3.8, 4) is 5.75 Å². The third kappa shape index (κ3) is 6.08. The second-order valence-electron chi connectivity index (χ2n) is 7.26. The lowest BCUT2D eigenvalue weighted by Gasteiger charge is -2.32. The van der Waals surface area contributed by atoms with Gasteiger partial charge in [0, 0.05) is 50.9 Å². The third-order valence-corrected chi connectivity index (χ3v) is 5.35. The van der Waals surface area contributed by atoms with E-state index in [0.29, 0.717) is 30.4 Å². The molecule has 8 heteroatoms. The first kappa shape index (κ1) is 21.4. The lowest BCUT2D eigenvalue weighted by Crippen LogP contribution is -2.46. The van der Waals surface area contributed by atoms with E-state index in [9.17, 15) is 4.79 Å². The monoisotopic (exact) mass is 403 g/mol. The van der Waals surface area contributed by atoms with Gasteiger partial charge in [0.2, 0.25) is 0 Å². The quantitative estimate of drug-likeness (QED) is 0.398. The lowest BCUT2D eigenvalue weighted by molar-refractivity contribution is 0.0195. The molecule has 160 valence electrons. The Morgan fingerprint density at radius 3 is 2.86 bits per heavy atom. The highest BCUT2D eigenvalue weighted by Crippen LogP contribution is 2.17. The molecule has 29 heavy (non-hydrogen) atoms. The van der Waals surface area contributed by atoms with Crippen LogP contribution in [0.4, 0.5) is 0 Å². The number of hydrogen-bond acceptors (Lipinski definition) is 5. The summed E-state index contributed by atoms with van der Waals surface area (Å²) < 4.78 is 10.6. The Morgan fingerprint density at radius 1 is 1.28 bits per heavy atom. The Hall–Kier alpha value is -2.32. The number of benzene rings is 1. The van der Waals surface area contributed by atoms with Gasteiger partial charge in [0.05, 0.1) is 26.9 Å². The largest absolute Gasteiger partial charge is 0.497 e. The fraction of sp³-hybridized carbons (Fsp3) is 0.619. The van der Waals surface area contributed by atoms with Crippen molar-refractivity contribution in [3.05, 3.63) is 29.8 Å². The number of nitrogens with one attached hydrogen (secondary N) is 2. The van der Waals surface area contributed by atoms with Crippen LogP contribution in [0.2, 0.25) is 0 Å². The predicted molar refractivity (Wildman–Crippen MR) is 114 cm³/mol. The van der Waals surface area contributed by atoms with Crippen LogP contribution in [-0.4, -0.2) is 93.8 Å². The standard InChI is InChI=1S/C21H33N5O3/c1-3-22-21(26-10-7-18(16-26)25-11-13-29-14-12-25)24-9-8-23-20(27)17-5-4-6-19(15-17)28-2/h4-6,15,18H,3,7-14,16H2,1-2H3,(H,22,24)(H,23,27). The van der Waals surface area contributed by atoms with Gasteiger partial charge in [-0.1, -0.05) is 6.07 Å². The summed E-state index contributed by atoms with van der Waals surface area (Å²) in [6, 6.07) is 7.72. The molecule has 1 amide bonds. The van der Waals surface area contributed by atoms with E-state index in [-0.39, 0.29) is 5.91 Å². The number of amides is 1. The van der Waals surface area contributed by atoms with Gasteiger partial charge < -0.3 is 25.0 Å². The van der Waals surface area contributed by atoms with E-state index in [1.165, 1.54) is 0 Å². The third-order valence-electron chi connectivity index (χ3n) is 5.35. The number of hydrogen-bond donors (Lipinski definition) is 2. The highest BCUT2D eigenvalue weighted by molar-refractivity contribution is 5.94. The van der Waals surface area contributed by atoms with Crippen LogP contribution in [0.5, 0.6) is 5.75 Å². The molecular weight excluding hydrogens is 370 g/mol. The van der Waals surface area contributed by atoms with Gasteiger partial charge in [-0.2, -0.15) is 0 Å². The second kappa shape index (κ2) is 11.0. The van der Waals surface area contributed by atoms with Crippen LogP contribution in [0.1, 0.15) is 23.7 Å². The van der Waals surface area contributed by atoms with Gasteiger partial charge in [0.25, 0.3) is 5.91 Å². The number of likely N-dealkylation sites (tertiary alicyclic amines) is 1. The molecule has 2 fully saturated rings. The van der Waals surface area contributed by atoms with Crippen LogP contribution in [0, 0.1) is 0 Å². The maximum atomic E-state index is 12.3. The minimum atomic E-state index is -0.113. The first-order valence-corrected chi connectivity index (χ1v) is 10.5.